The maximum Gasteiger partial charge on any atom is 0.258 e. The lowest BCUT2D eigenvalue weighted by molar-refractivity contribution is 0.767. The molecule has 0 amide bonds. The average molecular weight is 278 g/mol. The van der Waals surface area contributed by atoms with Crippen LogP contribution >= 0.6 is 0 Å². The van der Waals surface area contributed by atoms with E-state index in [-0.39, 0.29) is 5.56 Å². The van der Waals surface area contributed by atoms with E-state index < -0.39 is 0 Å². The predicted molar refractivity (Wildman–Crippen MR) is 86.4 cm³/mol. The van der Waals surface area contributed by atoms with Crippen LogP contribution in [0.1, 0.15) is 16.7 Å². The van der Waals surface area contributed by atoms with Crippen LogP contribution in [0.2, 0.25) is 0 Å². The molecule has 0 fully saturated rings. The molecule has 0 radical (unpaired) electrons. The normalized spacial score (nSPS) is 11.0. The van der Waals surface area contributed by atoms with Crippen LogP contribution in [0.25, 0.3) is 10.8 Å². The van der Waals surface area contributed by atoms with Gasteiger partial charge < -0.3 is 10.3 Å². The lowest BCUT2D eigenvalue weighted by atomic mass is 10.1. The zero-order valence-electron chi connectivity index (χ0n) is 12.0. The number of nitrogens with zero attached hydrogens (tertiary/aromatic N) is 1. The molecule has 1 aromatic heterocycles. The maximum atomic E-state index is 12.5. The van der Waals surface area contributed by atoms with Crippen LogP contribution in [0, 0.1) is 6.92 Å². The third-order valence-electron chi connectivity index (χ3n) is 3.74. The minimum atomic E-state index is 0.0513. The van der Waals surface area contributed by atoms with Gasteiger partial charge in [0.15, 0.2) is 0 Å². The lowest BCUT2D eigenvalue weighted by Crippen LogP contribution is -2.20. The molecule has 3 aromatic rings. The van der Waals surface area contributed by atoms with Gasteiger partial charge in [-0.05, 0) is 35.6 Å². The van der Waals surface area contributed by atoms with E-state index in [4.69, 9.17) is 5.73 Å². The Morgan fingerprint density at radius 1 is 1.00 bits per heavy atom. The highest BCUT2D eigenvalue weighted by Gasteiger charge is 2.03. The molecule has 3 heteroatoms. The van der Waals surface area contributed by atoms with Crippen molar-refractivity contribution in [2.75, 3.05) is 0 Å². The molecule has 0 spiro atoms. The number of aromatic nitrogens is 1. The summed E-state index contributed by atoms with van der Waals surface area (Å²) in [4.78, 5) is 12.5. The van der Waals surface area contributed by atoms with Crippen LogP contribution < -0.4 is 11.3 Å². The third kappa shape index (κ3) is 2.73. The summed E-state index contributed by atoms with van der Waals surface area (Å²) in [7, 11) is 0. The van der Waals surface area contributed by atoms with E-state index in [1.165, 1.54) is 0 Å². The van der Waals surface area contributed by atoms with Crippen LogP contribution in [0.3, 0.4) is 0 Å². The van der Waals surface area contributed by atoms with Crippen molar-refractivity contribution in [1.82, 2.24) is 4.57 Å². The molecule has 0 bridgehead atoms. The highest BCUT2D eigenvalue weighted by Crippen LogP contribution is 2.12. The highest BCUT2D eigenvalue weighted by atomic mass is 16.1. The number of fused-ring (bicyclic) bond motifs is 1. The van der Waals surface area contributed by atoms with E-state index in [1.54, 1.807) is 4.57 Å². The van der Waals surface area contributed by atoms with Gasteiger partial charge in [-0.2, -0.15) is 0 Å². The van der Waals surface area contributed by atoms with E-state index in [1.807, 2.05) is 61.7 Å². The number of aryl methyl sites for hydroxylation is 1. The monoisotopic (exact) mass is 278 g/mol. The summed E-state index contributed by atoms with van der Waals surface area (Å²) >= 11 is 0. The Labute approximate surface area is 123 Å². The SMILES string of the molecule is Cc1ccc2c(=O)n(Cc3ccc(CN)cc3)ccc2c1. The molecule has 21 heavy (non-hydrogen) atoms. The fourth-order valence-electron chi connectivity index (χ4n) is 2.51. The number of rotatable bonds is 3. The molecule has 0 atom stereocenters. The van der Waals surface area contributed by atoms with Crippen LogP contribution in [-0.2, 0) is 13.1 Å². The summed E-state index contributed by atoms with van der Waals surface area (Å²) in [5.74, 6) is 0. The smallest absolute Gasteiger partial charge is 0.258 e. The zero-order chi connectivity index (χ0) is 14.8. The van der Waals surface area contributed by atoms with Crippen molar-refractivity contribution in [2.24, 2.45) is 5.73 Å². The Morgan fingerprint density at radius 2 is 1.71 bits per heavy atom. The largest absolute Gasteiger partial charge is 0.326 e. The van der Waals surface area contributed by atoms with Crippen molar-refractivity contribution in [3.63, 3.8) is 0 Å². The molecule has 0 saturated heterocycles. The number of benzene rings is 2. The average Bonchev–Trinajstić information content (AvgIpc) is 2.51. The number of nitrogens with two attached hydrogens (primary N) is 1. The van der Waals surface area contributed by atoms with Gasteiger partial charge in [-0.3, -0.25) is 4.79 Å². The van der Waals surface area contributed by atoms with Crippen LogP contribution in [-0.4, -0.2) is 4.57 Å². The number of hydrogen-bond acceptors (Lipinski definition) is 2. The van der Waals surface area contributed by atoms with E-state index in [9.17, 15) is 4.79 Å². The Kier molecular flexibility index (Phi) is 3.59. The fourth-order valence-corrected chi connectivity index (χ4v) is 2.51. The van der Waals surface area contributed by atoms with Crippen LogP contribution in [0.4, 0.5) is 0 Å². The molecule has 2 aromatic carbocycles. The topological polar surface area (TPSA) is 48.0 Å². The van der Waals surface area contributed by atoms with Gasteiger partial charge in [-0.15, -0.1) is 0 Å². The van der Waals surface area contributed by atoms with E-state index in [0.717, 1.165) is 27.5 Å². The first-order chi connectivity index (χ1) is 10.2. The standard InChI is InChI=1S/C18H18N2O/c1-13-2-7-17-16(10-13)8-9-20(18(17)21)12-15-5-3-14(11-19)4-6-15/h2-10H,11-12,19H2,1H3. The van der Waals surface area contributed by atoms with E-state index in [2.05, 4.69) is 0 Å². The van der Waals surface area contributed by atoms with Gasteiger partial charge in [-0.25, -0.2) is 0 Å². The second-order valence-electron chi connectivity index (χ2n) is 5.36. The lowest BCUT2D eigenvalue weighted by Gasteiger charge is -2.08. The Balaban J connectivity index is 1.98. The number of pyridine rings is 1. The molecule has 106 valence electrons. The first-order valence-electron chi connectivity index (χ1n) is 7.05. The summed E-state index contributed by atoms with van der Waals surface area (Å²) in [5.41, 5.74) is 9.01. The fraction of sp³-hybridized carbons (Fsp3) is 0.167. The molecule has 3 rings (SSSR count). The quantitative estimate of drug-likeness (QED) is 0.801. The summed E-state index contributed by atoms with van der Waals surface area (Å²) < 4.78 is 1.75. The second-order valence-corrected chi connectivity index (χ2v) is 5.36. The van der Waals surface area contributed by atoms with E-state index in [0.29, 0.717) is 13.1 Å². The van der Waals surface area contributed by atoms with Crippen molar-refractivity contribution in [3.8, 4) is 0 Å². The molecule has 2 N–H and O–H groups in total. The van der Waals surface area contributed by atoms with Crippen molar-refractivity contribution in [2.45, 2.75) is 20.0 Å². The minimum absolute atomic E-state index is 0.0513. The molecular formula is C18H18N2O. The molecule has 0 saturated carbocycles. The molecule has 0 aliphatic rings. The first-order valence-corrected chi connectivity index (χ1v) is 7.05. The van der Waals surface area contributed by atoms with E-state index >= 15 is 0 Å². The Bertz CT molecular complexity index is 832. The Hall–Kier alpha value is -2.39. The van der Waals surface area contributed by atoms with Gasteiger partial charge in [0, 0.05) is 18.1 Å². The van der Waals surface area contributed by atoms with Crippen molar-refractivity contribution in [3.05, 3.63) is 81.8 Å². The van der Waals surface area contributed by atoms with Gasteiger partial charge in [0.25, 0.3) is 5.56 Å². The van der Waals surface area contributed by atoms with Crippen LogP contribution in [0.15, 0.2) is 59.5 Å². The van der Waals surface area contributed by atoms with Gasteiger partial charge in [-0.1, -0.05) is 42.0 Å². The molecule has 0 aliphatic heterocycles. The second kappa shape index (κ2) is 5.54. The van der Waals surface area contributed by atoms with Gasteiger partial charge in [0.1, 0.15) is 0 Å². The Morgan fingerprint density at radius 3 is 2.43 bits per heavy atom. The maximum absolute atomic E-state index is 12.5. The summed E-state index contributed by atoms with van der Waals surface area (Å²) in [6, 6.07) is 16.0. The molecule has 0 aliphatic carbocycles. The summed E-state index contributed by atoms with van der Waals surface area (Å²) in [6.07, 6.45) is 1.86. The third-order valence-corrected chi connectivity index (χ3v) is 3.74. The molecule has 0 unspecified atom stereocenters. The summed E-state index contributed by atoms with van der Waals surface area (Å²) in [5, 5.41) is 1.76. The molecule has 1 heterocycles. The van der Waals surface area contributed by atoms with Crippen molar-refractivity contribution < 1.29 is 0 Å². The first kappa shape index (κ1) is 13.6. The molecular weight excluding hydrogens is 260 g/mol. The van der Waals surface area contributed by atoms with Gasteiger partial charge in [0.05, 0.1) is 6.54 Å². The molecule has 3 nitrogen and oxygen atoms in total. The number of hydrogen-bond donors (Lipinski definition) is 1. The zero-order valence-corrected chi connectivity index (χ0v) is 12.0. The highest BCUT2D eigenvalue weighted by molar-refractivity contribution is 5.82. The predicted octanol–water partition coefficient (Wildman–Crippen LogP) is 2.82. The minimum Gasteiger partial charge on any atom is -0.326 e. The van der Waals surface area contributed by atoms with Gasteiger partial charge in [0.2, 0.25) is 0 Å². The van der Waals surface area contributed by atoms with Gasteiger partial charge >= 0.3 is 0 Å². The summed E-state index contributed by atoms with van der Waals surface area (Å²) in [6.45, 7) is 3.15. The van der Waals surface area contributed by atoms with Crippen LogP contribution in [0.5, 0.6) is 0 Å². The van der Waals surface area contributed by atoms with Crippen molar-refractivity contribution in [1.29, 1.82) is 0 Å². The van der Waals surface area contributed by atoms with Crippen molar-refractivity contribution >= 4 is 10.8 Å².